The summed E-state index contributed by atoms with van der Waals surface area (Å²) in [6.07, 6.45) is 1.87. The Hall–Kier alpha value is -2.58. The van der Waals surface area contributed by atoms with E-state index in [4.69, 9.17) is 4.74 Å². The number of carbonyl (C=O) groups excluding carboxylic acids is 2. The van der Waals surface area contributed by atoms with E-state index in [1.54, 1.807) is 0 Å². The van der Waals surface area contributed by atoms with Gasteiger partial charge in [-0.05, 0) is 12.5 Å². The normalized spacial score (nSPS) is 9.85. The van der Waals surface area contributed by atoms with Crippen LogP contribution in [0.5, 0.6) is 0 Å². The van der Waals surface area contributed by atoms with Crippen LogP contribution >= 0.6 is 0 Å². The lowest BCUT2D eigenvalue weighted by atomic mass is 10.3. The number of nitrogens with zero attached hydrogens (tertiary/aromatic N) is 1. The molecule has 0 saturated carbocycles. The number of hydrogen-bond acceptors (Lipinski definition) is 6. The highest BCUT2D eigenvalue weighted by Crippen LogP contribution is 2.14. The Kier molecular flexibility index (Phi) is 6.01. The van der Waals surface area contributed by atoms with Crippen molar-refractivity contribution < 1.29 is 23.7 Å². The predicted molar refractivity (Wildman–Crippen MR) is 66.8 cm³/mol. The topological polar surface area (TPSA) is 124 Å². The first kappa shape index (κ1) is 15.5. The number of ether oxygens (including phenoxy) is 1. The fraction of sp³-hybridized carbons (Fsp3) is 0.455. The number of rotatable bonds is 6. The monoisotopic (exact) mass is 285 g/mol. The van der Waals surface area contributed by atoms with Gasteiger partial charge >= 0.3 is 17.9 Å². The maximum absolute atomic E-state index is 11.5. The first-order chi connectivity index (χ1) is 9.54. The van der Waals surface area contributed by atoms with Gasteiger partial charge in [-0.15, -0.1) is 0 Å². The lowest BCUT2D eigenvalue weighted by Crippen LogP contribution is -2.41. The Labute approximate surface area is 114 Å². The van der Waals surface area contributed by atoms with Crippen LogP contribution in [0.25, 0.3) is 0 Å². The molecule has 1 aromatic rings. The molecule has 20 heavy (non-hydrogen) atoms. The first-order valence-corrected chi connectivity index (χ1v) is 6.02. The van der Waals surface area contributed by atoms with E-state index in [9.17, 15) is 19.7 Å². The van der Waals surface area contributed by atoms with Crippen LogP contribution in [-0.4, -0.2) is 23.5 Å². The number of furan rings is 1. The van der Waals surface area contributed by atoms with E-state index < -0.39 is 22.8 Å². The van der Waals surface area contributed by atoms with Gasteiger partial charge in [0.05, 0.1) is 12.7 Å². The maximum Gasteiger partial charge on any atom is 0.433 e. The summed E-state index contributed by atoms with van der Waals surface area (Å²) < 4.78 is 9.42. The Morgan fingerprint density at radius 3 is 2.70 bits per heavy atom. The van der Waals surface area contributed by atoms with Crippen molar-refractivity contribution in [2.45, 2.75) is 26.2 Å². The Bertz CT molecular complexity index is 484. The molecule has 9 nitrogen and oxygen atoms in total. The summed E-state index contributed by atoms with van der Waals surface area (Å²) in [6.45, 7) is 2.27. The number of hydrogen-bond donors (Lipinski definition) is 2. The highest BCUT2D eigenvalue weighted by Gasteiger charge is 2.17. The molecule has 0 fully saturated rings. The minimum absolute atomic E-state index is 0.252. The number of amides is 2. The number of hydrazine groups is 1. The van der Waals surface area contributed by atoms with Crippen LogP contribution in [0.15, 0.2) is 16.5 Å². The van der Waals surface area contributed by atoms with E-state index in [1.165, 1.54) is 0 Å². The molecule has 0 aliphatic heterocycles. The van der Waals surface area contributed by atoms with Crippen LogP contribution in [0.3, 0.4) is 0 Å². The lowest BCUT2D eigenvalue weighted by molar-refractivity contribution is -0.402. The van der Waals surface area contributed by atoms with Gasteiger partial charge in [-0.3, -0.25) is 20.3 Å². The van der Waals surface area contributed by atoms with Crippen LogP contribution in [0.2, 0.25) is 0 Å². The fourth-order valence-corrected chi connectivity index (χ4v) is 1.27. The quantitative estimate of drug-likeness (QED) is 0.466. The summed E-state index contributed by atoms with van der Waals surface area (Å²) in [5.41, 5.74) is 4.02. The molecule has 9 heteroatoms. The maximum atomic E-state index is 11.5. The average Bonchev–Trinajstić information content (AvgIpc) is 2.91. The van der Waals surface area contributed by atoms with Gasteiger partial charge < -0.3 is 9.15 Å². The molecule has 0 unspecified atom stereocenters. The zero-order valence-corrected chi connectivity index (χ0v) is 10.9. The van der Waals surface area contributed by atoms with Crippen LogP contribution in [-0.2, 0) is 4.74 Å². The molecule has 0 bridgehead atoms. The van der Waals surface area contributed by atoms with Crippen LogP contribution in [0.1, 0.15) is 36.7 Å². The van der Waals surface area contributed by atoms with E-state index in [0.717, 1.165) is 31.4 Å². The van der Waals surface area contributed by atoms with Crippen LogP contribution in [0, 0.1) is 10.1 Å². The molecule has 0 aliphatic carbocycles. The molecule has 0 atom stereocenters. The Morgan fingerprint density at radius 1 is 1.35 bits per heavy atom. The molecule has 0 radical (unpaired) electrons. The third-order valence-electron chi connectivity index (χ3n) is 2.25. The SMILES string of the molecule is CCCCCOC(=O)NNC(=O)c1ccc([N+](=O)[O-])o1. The van der Waals surface area contributed by atoms with Crippen molar-refractivity contribution >= 4 is 17.9 Å². The van der Waals surface area contributed by atoms with Crippen LogP contribution in [0.4, 0.5) is 10.7 Å². The van der Waals surface area contributed by atoms with Crippen molar-refractivity contribution in [2.75, 3.05) is 6.61 Å². The second-order valence-corrected chi connectivity index (χ2v) is 3.82. The van der Waals surface area contributed by atoms with E-state index in [0.29, 0.717) is 0 Å². The zero-order chi connectivity index (χ0) is 15.0. The number of nitro groups is 1. The van der Waals surface area contributed by atoms with Gasteiger partial charge in [0.15, 0.2) is 0 Å². The van der Waals surface area contributed by atoms with Crippen molar-refractivity contribution in [2.24, 2.45) is 0 Å². The largest absolute Gasteiger partial charge is 0.448 e. The van der Waals surface area contributed by atoms with Gasteiger partial charge in [0.2, 0.25) is 5.76 Å². The summed E-state index contributed by atoms with van der Waals surface area (Å²) in [6, 6.07) is 2.17. The van der Waals surface area contributed by atoms with E-state index in [1.807, 2.05) is 17.8 Å². The summed E-state index contributed by atoms with van der Waals surface area (Å²) >= 11 is 0. The fourth-order valence-electron chi connectivity index (χ4n) is 1.27. The molecule has 0 aromatic carbocycles. The predicted octanol–water partition coefficient (Wildman–Crippen LogP) is 1.75. The number of carbonyl (C=O) groups is 2. The van der Waals surface area contributed by atoms with Gasteiger partial charge in [-0.2, -0.15) is 0 Å². The second kappa shape index (κ2) is 7.77. The molecule has 0 aliphatic rings. The standard InChI is InChI=1S/C11H15N3O6/c1-2-3-4-7-19-11(16)13-12-10(15)8-5-6-9(20-8)14(17)18/h5-6H,2-4,7H2,1H3,(H,12,15)(H,13,16). The van der Waals surface area contributed by atoms with Crippen molar-refractivity contribution in [1.82, 2.24) is 10.9 Å². The molecule has 0 saturated heterocycles. The molecule has 110 valence electrons. The highest BCUT2D eigenvalue weighted by atomic mass is 16.6. The zero-order valence-electron chi connectivity index (χ0n) is 10.9. The molecule has 2 N–H and O–H groups in total. The third-order valence-corrected chi connectivity index (χ3v) is 2.25. The smallest absolute Gasteiger partial charge is 0.433 e. The van der Waals surface area contributed by atoms with Crippen molar-refractivity contribution in [1.29, 1.82) is 0 Å². The lowest BCUT2D eigenvalue weighted by Gasteiger charge is -2.06. The van der Waals surface area contributed by atoms with Gasteiger partial charge in [0, 0.05) is 0 Å². The van der Waals surface area contributed by atoms with Gasteiger partial charge in [0.1, 0.15) is 4.92 Å². The number of nitrogens with one attached hydrogen (secondary N) is 2. The van der Waals surface area contributed by atoms with Crippen LogP contribution < -0.4 is 10.9 Å². The molecule has 1 rings (SSSR count). The highest BCUT2D eigenvalue weighted by molar-refractivity contribution is 5.92. The van der Waals surface area contributed by atoms with E-state index >= 15 is 0 Å². The van der Waals surface area contributed by atoms with Crippen molar-refractivity contribution in [3.8, 4) is 0 Å². The third kappa shape index (κ3) is 4.96. The molecular weight excluding hydrogens is 270 g/mol. The Balaban J connectivity index is 2.31. The minimum Gasteiger partial charge on any atom is -0.448 e. The van der Waals surface area contributed by atoms with Gasteiger partial charge in [0.25, 0.3) is 0 Å². The van der Waals surface area contributed by atoms with E-state index in [-0.39, 0.29) is 12.4 Å². The first-order valence-electron chi connectivity index (χ1n) is 6.02. The van der Waals surface area contributed by atoms with Gasteiger partial charge in [-0.1, -0.05) is 19.8 Å². The van der Waals surface area contributed by atoms with Gasteiger partial charge in [-0.25, -0.2) is 10.2 Å². The average molecular weight is 285 g/mol. The summed E-state index contributed by atoms with van der Waals surface area (Å²) in [7, 11) is 0. The molecular formula is C11H15N3O6. The molecule has 1 aromatic heterocycles. The molecule has 2 amide bonds. The Morgan fingerprint density at radius 2 is 2.10 bits per heavy atom. The van der Waals surface area contributed by atoms with Crippen molar-refractivity contribution in [3.63, 3.8) is 0 Å². The molecule has 1 heterocycles. The van der Waals surface area contributed by atoms with E-state index in [2.05, 4.69) is 4.42 Å². The summed E-state index contributed by atoms with van der Waals surface area (Å²) in [5, 5.41) is 10.4. The number of unbranched alkanes of at least 4 members (excludes halogenated alkanes) is 2. The van der Waals surface area contributed by atoms with Crippen molar-refractivity contribution in [3.05, 3.63) is 28.0 Å². The second-order valence-electron chi connectivity index (χ2n) is 3.82. The summed E-state index contributed by atoms with van der Waals surface area (Å²) in [5.74, 6) is -1.66. The summed E-state index contributed by atoms with van der Waals surface area (Å²) in [4.78, 5) is 32.2. The minimum atomic E-state index is -0.816. The molecule has 0 spiro atoms.